The number of hydrogen-bond acceptors (Lipinski definition) is 4. The summed E-state index contributed by atoms with van der Waals surface area (Å²) in [7, 11) is 0. The number of aromatic amines is 1. The van der Waals surface area contributed by atoms with Crippen molar-refractivity contribution in [3.05, 3.63) is 31.2 Å². The van der Waals surface area contributed by atoms with Crippen molar-refractivity contribution in [2.45, 2.75) is 0 Å². The van der Waals surface area contributed by atoms with Gasteiger partial charge in [-0.05, 0) is 6.07 Å². The molecule has 2 aromatic rings. The van der Waals surface area contributed by atoms with Gasteiger partial charge >= 0.3 is 0 Å². The Morgan fingerprint density at radius 1 is 1.20 bits per heavy atom. The molecule has 0 atom stereocenters. The van der Waals surface area contributed by atoms with Gasteiger partial charge in [0, 0.05) is 0 Å². The smallest absolute Gasteiger partial charge is 0.123 e. The molecule has 0 saturated carbocycles. The van der Waals surface area contributed by atoms with Crippen LogP contribution in [0.3, 0.4) is 0 Å². The summed E-state index contributed by atoms with van der Waals surface area (Å²) in [6, 6.07) is 1.72. The van der Waals surface area contributed by atoms with Crippen LogP contribution in [0, 0.1) is 0 Å². The van der Waals surface area contributed by atoms with Crippen LogP contribution in [-0.2, 0) is 0 Å². The summed E-state index contributed by atoms with van der Waals surface area (Å²) in [5.41, 5.74) is 0. The van der Waals surface area contributed by atoms with Crippen molar-refractivity contribution in [2.75, 3.05) is 0 Å². The first kappa shape index (κ1) is 6.47. The number of H-pyrrole nitrogens is 1. The summed E-state index contributed by atoms with van der Waals surface area (Å²) in [6.45, 7) is 0. The molecule has 0 bridgehead atoms. The van der Waals surface area contributed by atoms with Crippen LogP contribution in [-0.4, -0.2) is 20.3 Å². The summed E-state index contributed by atoms with van der Waals surface area (Å²) in [5, 5.41) is 10.2. The van der Waals surface area contributed by atoms with Gasteiger partial charge in [-0.3, -0.25) is 0 Å². The van der Waals surface area contributed by atoms with E-state index in [-0.39, 0.29) is 0 Å². The molecule has 10 heavy (non-hydrogen) atoms. The van der Waals surface area contributed by atoms with E-state index in [4.69, 9.17) is 0 Å². The molecule has 0 unspecified atom stereocenters. The fourth-order valence-electron chi connectivity index (χ4n) is 0.342. The van der Waals surface area contributed by atoms with E-state index in [9.17, 15) is 0 Å². The van der Waals surface area contributed by atoms with Gasteiger partial charge in [0.15, 0.2) is 0 Å². The monoisotopic (exact) mass is 138 g/mol. The molecule has 2 aromatic heterocycles. The lowest BCUT2D eigenvalue weighted by Crippen LogP contribution is -1.53. The second kappa shape index (κ2) is 4.25. The normalized spacial score (nSPS) is 8.00. The van der Waals surface area contributed by atoms with Crippen LogP contribution < -0.4 is 0 Å². The molecule has 2 heterocycles. The molecule has 2 rings (SSSR count). The highest BCUT2D eigenvalue weighted by atomic mass is 16.5. The molecule has 0 spiro atoms. The first-order chi connectivity index (χ1) is 5.00. The molecule has 1 N–H and O–H groups in total. The van der Waals surface area contributed by atoms with Gasteiger partial charge in [-0.15, -0.1) is 10.2 Å². The molecule has 0 aliphatic heterocycles. The number of aromatic nitrogens is 4. The highest BCUT2D eigenvalue weighted by molar-refractivity contribution is 4.67. The van der Waals surface area contributed by atoms with Crippen molar-refractivity contribution in [3.8, 4) is 0 Å². The van der Waals surface area contributed by atoms with Crippen LogP contribution in [0.5, 0.6) is 0 Å². The Labute approximate surface area is 57.1 Å². The zero-order valence-electron chi connectivity index (χ0n) is 5.14. The lowest BCUT2D eigenvalue weighted by molar-refractivity contribution is 0.420. The Bertz CT molecular complexity index is 153. The van der Waals surface area contributed by atoms with E-state index in [1.165, 1.54) is 18.9 Å². The maximum absolute atomic E-state index is 4.33. The Hall–Kier alpha value is -1.65. The molecule has 0 aliphatic carbocycles. The Balaban J connectivity index is 0.0000001000. The van der Waals surface area contributed by atoms with Gasteiger partial charge in [0.05, 0.1) is 6.20 Å². The third-order valence-electron chi connectivity index (χ3n) is 0.678. The van der Waals surface area contributed by atoms with E-state index in [1.807, 2.05) is 0 Å². The summed E-state index contributed by atoms with van der Waals surface area (Å²) < 4.78 is 4.33. The Kier molecular flexibility index (Phi) is 2.75. The highest BCUT2D eigenvalue weighted by Gasteiger charge is 1.60. The highest BCUT2D eigenvalue weighted by Crippen LogP contribution is 1.72. The van der Waals surface area contributed by atoms with E-state index in [0.717, 1.165) is 0 Å². The molecule has 0 aliphatic rings. The molecular formula is C5H6N4O. The summed E-state index contributed by atoms with van der Waals surface area (Å²) in [5.74, 6) is 0. The average Bonchev–Trinajstić information content (AvgIpc) is 2.67. The SMILES string of the molecule is c1cnoc1.c1nnc[nH]1. The van der Waals surface area contributed by atoms with Crippen LogP contribution in [0.15, 0.2) is 35.7 Å². The number of rotatable bonds is 0. The van der Waals surface area contributed by atoms with Gasteiger partial charge in [0.2, 0.25) is 0 Å². The first-order valence-electron chi connectivity index (χ1n) is 2.64. The lowest BCUT2D eigenvalue weighted by atomic mass is 10.8. The number of nitrogens with one attached hydrogen (secondary N) is 1. The van der Waals surface area contributed by atoms with E-state index < -0.39 is 0 Å². The second-order valence-corrected chi connectivity index (χ2v) is 1.34. The van der Waals surface area contributed by atoms with Crippen molar-refractivity contribution in [3.63, 3.8) is 0 Å². The number of hydrogen-bond donors (Lipinski definition) is 1. The zero-order valence-corrected chi connectivity index (χ0v) is 5.14. The molecule has 0 aromatic carbocycles. The minimum Gasteiger partial charge on any atom is -0.365 e. The van der Waals surface area contributed by atoms with E-state index >= 15 is 0 Å². The van der Waals surface area contributed by atoms with E-state index in [1.54, 1.807) is 12.3 Å². The summed E-state index contributed by atoms with van der Waals surface area (Å²) >= 11 is 0. The van der Waals surface area contributed by atoms with Crippen molar-refractivity contribution in [1.29, 1.82) is 0 Å². The molecule has 52 valence electrons. The molecule has 0 radical (unpaired) electrons. The zero-order chi connectivity index (χ0) is 7.07. The van der Waals surface area contributed by atoms with Gasteiger partial charge in [-0.25, -0.2) is 0 Å². The van der Waals surface area contributed by atoms with Crippen molar-refractivity contribution >= 4 is 0 Å². The molecule has 0 amide bonds. The third kappa shape index (κ3) is 2.61. The number of nitrogens with zero attached hydrogens (tertiary/aromatic N) is 3. The van der Waals surface area contributed by atoms with Crippen LogP contribution in [0.25, 0.3) is 0 Å². The van der Waals surface area contributed by atoms with Gasteiger partial charge in [-0.2, -0.15) is 0 Å². The first-order valence-corrected chi connectivity index (χ1v) is 2.64. The van der Waals surface area contributed by atoms with Crippen molar-refractivity contribution in [2.24, 2.45) is 0 Å². The van der Waals surface area contributed by atoms with Gasteiger partial charge < -0.3 is 9.51 Å². The fourth-order valence-corrected chi connectivity index (χ4v) is 0.342. The van der Waals surface area contributed by atoms with Crippen LogP contribution >= 0.6 is 0 Å². The lowest BCUT2D eigenvalue weighted by Gasteiger charge is -1.48. The second-order valence-electron chi connectivity index (χ2n) is 1.34. The van der Waals surface area contributed by atoms with E-state index in [2.05, 4.69) is 24.9 Å². The fraction of sp³-hybridized carbons (Fsp3) is 0. The maximum atomic E-state index is 4.33. The van der Waals surface area contributed by atoms with Gasteiger partial charge in [-0.1, -0.05) is 5.16 Å². The minimum atomic E-state index is 1.51. The van der Waals surface area contributed by atoms with Crippen LogP contribution in [0.2, 0.25) is 0 Å². The van der Waals surface area contributed by atoms with Gasteiger partial charge in [0.1, 0.15) is 18.9 Å². The molecule has 0 saturated heterocycles. The summed E-state index contributed by atoms with van der Waals surface area (Å²) in [4.78, 5) is 2.64. The third-order valence-corrected chi connectivity index (χ3v) is 0.678. The molecular weight excluding hydrogens is 132 g/mol. The van der Waals surface area contributed by atoms with Gasteiger partial charge in [0.25, 0.3) is 0 Å². The summed E-state index contributed by atoms with van der Waals surface area (Å²) in [6.07, 6.45) is 6.12. The van der Waals surface area contributed by atoms with Crippen molar-refractivity contribution in [1.82, 2.24) is 20.3 Å². The Morgan fingerprint density at radius 2 is 2.00 bits per heavy atom. The molecule has 0 fully saturated rings. The standard InChI is InChI=1S/C3H3NO.C2H3N3/c1-2-4-5-3-1;1-3-2-5-4-1/h1-3H;1-2H,(H,3,4,5). The maximum Gasteiger partial charge on any atom is 0.123 e. The minimum absolute atomic E-state index is 1.51. The van der Waals surface area contributed by atoms with Crippen LogP contribution in [0.1, 0.15) is 0 Å². The quantitative estimate of drug-likeness (QED) is 0.574. The molecule has 5 nitrogen and oxygen atoms in total. The van der Waals surface area contributed by atoms with Crippen molar-refractivity contribution < 1.29 is 4.52 Å². The average molecular weight is 138 g/mol. The predicted molar refractivity (Wildman–Crippen MR) is 32.9 cm³/mol. The predicted octanol–water partition coefficient (Wildman–Crippen LogP) is 0.479. The Morgan fingerprint density at radius 3 is 2.20 bits per heavy atom. The van der Waals surface area contributed by atoms with Crippen LogP contribution in [0.4, 0.5) is 0 Å². The largest absolute Gasteiger partial charge is 0.365 e. The molecule has 5 heteroatoms. The topological polar surface area (TPSA) is 67.6 Å². The van der Waals surface area contributed by atoms with E-state index in [0.29, 0.717) is 0 Å².